The van der Waals surface area contributed by atoms with Gasteiger partial charge in [0, 0.05) is 6.54 Å². The van der Waals surface area contributed by atoms with Crippen molar-refractivity contribution in [3.05, 3.63) is 130 Å². The highest BCUT2D eigenvalue weighted by molar-refractivity contribution is 7.59. The molecular formula is C36H39N3O5S. The summed E-state index contributed by atoms with van der Waals surface area (Å²) in [5, 5.41) is 3.29. The summed E-state index contributed by atoms with van der Waals surface area (Å²) in [5.41, 5.74) is 5.05. The van der Waals surface area contributed by atoms with Crippen LogP contribution in [0.1, 0.15) is 41.1 Å². The molecule has 1 aliphatic heterocycles. The van der Waals surface area contributed by atoms with Gasteiger partial charge in [-0.15, -0.1) is 0 Å². The maximum absolute atomic E-state index is 13.5. The Kier molecular flexibility index (Phi) is 10.7. The van der Waals surface area contributed by atoms with Gasteiger partial charge in [-0.3, -0.25) is 9.36 Å². The van der Waals surface area contributed by atoms with E-state index in [1.54, 1.807) is 17.7 Å². The van der Waals surface area contributed by atoms with Crippen molar-refractivity contribution in [1.29, 1.82) is 0 Å². The molecule has 1 saturated heterocycles. The molecular weight excluding hydrogens is 586 g/mol. The zero-order chi connectivity index (χ0) is 30.3. The zero-order valence-electron chi connectivity index (χ0n) is 25.4. The third-order valence-electron chi connectivity index (χ3n) is 8.08. The highest BCUT2D eigenvalue weighted by atomic mass is 32.1. The molecule has 1 amide bonds. The van der Waals surface area contributed by atoms with E-state index < -0.39 is 5.76 Å². The molecule has 9 heteroatoms. The second-order valence-corrected chi connectivity index (χ2v) is 11.3. The van der Waals surface area contributed by atoms with Crippen molar-refractivity contribution in [2.75, 3.05) is 26.7 Å². The van der Waals surface area contributed by atoms with Crippen LogP contribution in [0.25, 0.3) is 11.1 Å². The summed E-state index contributed by atoms with van der Waals surface area (Å²) in [6.45, 7) is 3.61. The van der Waals surface area contributed by atoms with E-state index in [2.05, 4.69) is 10.2 Å². The molecule has 1 fully saturated rings. The van der Waals surface area contributed by atoms with Crippen molar-refractivity contribution in [2.45, 2.75) is 38.5 Å². The lowest BCUT2D eigenvalue weighted by Gasteiger charge is -2.25. The first-order valence-electron chi connectivity index (χ1n) is 15.1. The van der Waals surface area contributed by atoms with Gasteiger partial charge in [0.2, 0.25) is 5.91 Å². The maximum atomic E-state index is 13.5. The molecule has 0 radical (unpaired) electrons. The molecule has 0 unspecified atom stereocenters. The van der Waals surface area contributed by atoms with E-state index in [0.29, 0.717) is 24.3 Å². The third kappa shape index (κ3) is 8.17. The molecule has 0 bridgehead atoms. The van der Waals surface area contributed by atoms with Gasteiger partial charge in [-0.1, -0.05) is 60.7 Å². The number of oxazole rings is 1. The van der Waals surface area contributed by atoms with E-state index in [4.69, 9.17) is 13.9 Å². The molecule has 1 N–H and O–H groups in total. The van der Waals surface area contributed by atoms with Gasteiger partial charge >= 0.3 is 5.76 Å². The second kappa shape index (κ2) is 15.0. The third-order valence-corrected chi connectivity index (χ3v) is 8.08. The SMILES string of the molecule is COc1ccc(COc2cccc([C@@H](CN3CCCC3)NC(=O)Cc3ccc4oc(=O)n(Cc5ccccc5)c4c3)c2)cc1.S. The van der Waals surface area contributed by atoms with E-state index in [9.17, 15) is 9.59 Å². The standard InChI is InChI=1S/C36H37N3O5.H2S/c1-42-30-15-12-27(13-16-30)25-43-31-11-7-10-29(22-31)32(24-38-18-5-6-19-38)37-35(40)21-28-14-17-34-33(20-28)39(36(41)44-34)23-26-8-3-2-4-9-26;/h2-4,7-17,20,22,32H,5-6,18-19,21,23-25H2,1H3,(H,37,40);1H2/t32-;/m1./s1. The largest absolute Gasteiger partial charge is 0.497 e. The van der Waals surface area contributed by atoms with Crippen LogP contribution < -0.4 is 20.5 Å². The second-order valence-electron chi connectivity index (χ2n) is 11.3. The fraction of sp³-hybridized carbons (Fsp3) is 0.278. The first-order valence-corrected chi connectivity index (χ1v) is 15.1. The van der Waals surface area contributed by atoms with Crippen LogP contribution in [0, 0.1) is 0 Å². The van der Waals surface area contributed by atoms with Crippen molar-refractivity contribution in [3.63, 3.8) is 0 Å². The Morgan fingerprint density at radius 3 is 2.38 bits per heavy atom. The van der Waals surface area contributed by atoms with Gasteiger partial charge in [0.15, 0.2) is 5.58 Å². The van der Waals surface area contributed by atoms with Gasteiger partial charge in [0.1, 0.15) is 18.1 Å². The molecule has 1 aliphatic rings. The van der Waals surface area contributed by atoms with Gasteiger partial charge in [-0.2, -0.15) is 13.5 Å². The zero-order valence-corrected chi connectivity index (χ0v) is 26.4. The Morgan fingerprint density at radius 2 is 1.62 bits per heavy atom. The smallest absolute Gasteiger partial charge is 0.420 e. The number of hydrogen-bond donors (Lipinski definition) is 1. The number of nitrogens with zero attached hydrogens (tertiary/aromatic N) is 2. The summed E-state index contributed by atoms with van der Waals surface area (Å²) in [5.74, 6) is 1.06. The van der Waals surface area contributed by atoms with Crippen molar-refractivity contribution in [3.8, 4) is 11.5 Å². The number of amides is 1. The van der Waals surface area contributed by atoms with E-state index in [0.717, 1.165) is 53.4 Å². The minimum Gasteiger partial charge on any atom is -0.497 e. The quantitative estimate of drug-likeness (QED) is 0.188. The molecule has 5 aromatic rings. The van der Waals surface area contributed by atoms with Gasteiger partial charge in [-0.05, 0) is 84.6 Å². The molecule has 1 atom stereocenters. The summed E-state index contributed by atoms with van der Waals surface area (Å²) >= 11 is 0. The van der Waals surface area contributed by atoms with Gasteiger partial charge in [0.05, 0.1) is 31.6 Å². The number of hydrogen-bond acceptors (Lipinski definition) is 6. The van der Waals surface area contributed by atoms with Crippen molar-refractivity contribution >= 4 is 30.5 Å². The van der Waals surface area contributed by atoms with Crippen LogP contribution in [0.15, 0.2) is 106 Å². The Hall–Kier alpha value is -4.47. The van der Waals surface area contributed by atoms with Crippen molar-refractivity contribution in [1.82, 2.24) is 14.8 Å². The monoisotopic (exact) mass is 625 g/mol. The molecule has 2 heterocycles. The molecule has 234 valence electrons. The fourth-order valence-corrected chi connectivity index (χ4v) is 5.73. The Balaban J connectivity index is 0.00000400. The highest BCUT2D eigenvalue weighted by Crippen LogP contribution is 2.24. The summed E-state index contributed by atoms with van der Waals surface area (Å²) in [7, 11) is 1.65. The molecule has 6 rings (SSSR count). The topological polar surface area (TPSA) is 85.9 Å². The summed E-state index contributed by atoms with van der Waals surface area (Å²) < 4.78 is 18.5. The van der Waals surface area contributed by atoms with Gasteiger partial charge in [-0.25, -0.2) is 4.79 Å². The number of likely N-dealkylation sites (tertiary alicyclic amines) is 1. The molecule has 45 heavy (non-hydrogen) atoms. The predicted molar refractivity (Wildman–Crippen MR) is 180 cm³/mol. The first-order chi connectivity index (χ1) is 21.5. The number of benzene rings is 4. The van der Waals surface area contributed by atoms with Crippen LogP contribution in [-0.2, 0) is 24.4 Å². The fourth-order valence-electron chi connectivity index (χ4n) is 5.73. The average molecular weight is 626 g/mol. The number of methoxy groups -OCH3 is 1. The molecule has 0 spiro atoms. The number of ether oxygens (including phenoxy) is 2. The van der Waals surface area contributed by atoms with Crippen LogP contribution in [0.3, 0.4) is 0 Å². The molecule has 1 aromatic heterocycles. The molecule has 0 aliphatic carbocycles. The van der Waals surface area contributed by atoms with Crippen LogP contribution in [0.4, 0.5) is 0 Å². The van der Waals surface area contributed by atoms with Gasteiger partial charge in [0.25, 0.3) is 0 Å². The lowest BCUT2D eigenvalue weighted by atomic mass is 10.0. The van der Waals surface area contributed by atoms with Crippen molar-refractivity contribution in [2.24, 2.45) is 0 Å². The van der Waals surface area contributed by atoms with Gasteiger partial charge < -0.3 is 24.1 Å². The van der Waals surface area contributed by atoms with E-state index in [-0.39, 0.29) is 31.9 Å². The number of carbonyl (C=O) groups is 1. The average Bonchev–Trinajstić information content (AvgIpc) is 3.68. The lowest BCUT2D eigenvalue weighted by Crippen LogP contribution is -2.37. The molecule has 0 saturated carbocycles. The minimum atomic E-state index is -0.412. The lowest BCUT2D eigenvalue weighted by molar-refractivity contribution is -0.121. The predicted octanol–water partition coefficient (Wildman–Crippen LogP) is 5.84. The summed E-state index contributed by atoms with van der Waals surface area (Å²) in [4.78, 5) is 28.5. The summed E-state index contributed by atoms with van der Waals surface area (Å²) in [6.07, 6.45) is 2.52. The first kappa shape index (κ1) is 31.9. The van der Waals surface area contributed by atoms with E-state index in [1.165, 1.54) is 12.8 Å². The normalized spacial score (nSPS) is 13.7. The van der Waals surface area contributed by atoms with Crippen molar-refractivity contribution < 1.29 is 18.7 Å². The molecule has 4 aromatic carbocycles. The Labute approximate surface area is 270 Å². The van der Waals surface area contributed by atoms with E-state index >= 15 is 0 Å². The Morgan fingerprint density at radius 1 is 0.867 bits per heavy atom. The van der Waals surface area contributed by atoms with Crippen LogP contribution in [-0.4, -0.2) is 42.1 Å². The summed E-state index contributed by atoms with van der Waals surface area (Å²) in [6, 6.07) is 30.9. The number of rotatable bonds is 12. The molecule has 8 nitrogen and oxygen atoms in total. The van der Waals surface area contributed by atoms with Crippen LogP contribution in [0.5, 0.6) is 11.5 Å². The van der Waals surface area contributed by atoms with E-state index in [1.807, 2.05) is 91.0 Å². The van der Waals surface area contributed by atoms with Crippen LogP contribution >= 0.6 is 13.5 Å². The van der Waals surface area contributed by atoms with Crippen LogP contribution in [0.2, 0.25) is 0 Å². The number of nitrogens with one attached hydrogen (secondary N) is 1. The number of carbonyl (C=O) groups excluding carboxylic acids is 1. The Bertz CT molecular complexity index is 1760. The number of aromatic nitrogens is 1. The maximum Gasteiger partial charge on any atom is 0.420 e. The highest BCUT2D eigenvalue weighted by Gasteiger charge is 2.22. The minimum absolute atomic E-state index is 0. The number of fused-ring (bicyclic) bond motifs is 1.